The molecule has 0 saturated carbocycles. The molecule has 0 aliphatic carbocycles. The number of amides is 2. The Labute approximate surface area is 168 Å². The van der Waals surface area contributed by atoms with Gasteiger partial charge in [0, 0.05) is 25.0 Å². The monoisotopic (exact) mass is 406 g/mol. The lowest BCUT2D eigenvalue weighted by molar-refractivity contribution is -0.119. The number of hydrogen-bond acceptors (Lipinski definition) is 3. The summed E-state index contributed by atoms with van der Waals surface area (Å²) in [6, 6.07) is 4.14. The molecule has 6 nitrogen and oxygen atoms in total. The van der Waals surface area contributed by atoms with Crippen molar-refractivity contribution in [2.75, 3.05) is 6.54 Å². The molecular formula is C20H24ClFN4O2. The Morgan fingerprint density at radius 2 is 2.14 bits per heavy atom. The lowest BCUT2D eigenvalue weighted by Crippen LogP contribution is -2.42. The lowest BCUT2D eigenvalue weighted by Gasteiger charge is -2.29. The molecule has 1 unspecified atom stereocenters. The van der Waals surface area contributed by atoms with Crippen LogP contribution < -0.4 is 10.6 Å². The first-order valence-electron chi connectivity index (χ1n) is 9.24. The predicted octanol–water partition coefficient (Wildman–Crippen LogP) is 3.04. The van der Waals surface area contributed by atoms with Gasteiger partial charge in [-0.2, -0.15) is 5.10 Å². The molecule has 2 heterocycles. The molecule has 0 bridgehead atoms. The normalized spacial score (nSPS) is 16.4. The van der Waals surface area contributed by atoms with Crippen LogP contribution in [0.4, 0.5) is 4.39 Å². The van der Waals surface area contributed by atoms with Gasteiger partial charge >= 0.3 is 0 Å². The summed E-state index contributed by atoms with van der Waals surface area (Å²) in [4.78, 5) is 24.1. The molecule has 8 heteroatoms. The van der Waals surface area contributed by atoms with Gasteiger partial charge in [0.05, 0.1) is 23.0 Å². The zero-order valence-electron chi connectivity index (χ0n) is 16.2. The summed E-state index contributed by atoms with van der Waals surface area (Å²) < 4.78 is 15.2. The predicted molar refractivity (Wildman–Crippen MR) is 105 cm³/mol. The SMILES string of the molecule is CC(=O)NCC1CCn2ncc(C(=O)NC(C)(C)c3ccc(F)cc3Cl)c2C1. The second kappa shape index (κ2) is 7.91. The average Bonchev–Trinajstić information content (AvgIpc) is 3.02. The molecular weight excluding hydrogens is 383 g/mol. The van der Waals surface area contributed by atoms with Crippen molar-refractivity contribution >= 4 is 23.4 Å². The number of rotatable bonds is 5. The Kier molecular flexibility index (Phi) is 5.74. The van der Waals surface area contributed by atoms with Crippen LogP contribution in [-0.2, 0) is 23.3 Å². The first-order valence-corrected chi connectivity index (χ1v) is 9.62. The van der Waals surface area contributed by atoms with Crippen molar-refractivity contribution in [1.82, 2.24) is 20.4 Å². The average molecular weight is 407 g/mol. The van der Waals surface area contributed by atoms with E-state index in [2.05, 4.69) is 15.7 Å². The second-order valence-electron chi connectivity index (χ2n) is 7.73. The van der Waals surface area contributed by atoms with Gasteiger partial charge < -0.3 is 10.6 Å². The number of benzene rings is 1. The highest BCUT2D eigenvalue weighted by molar-refractivity contribution is 6.31. The Hall–Kier alpha value is -2.41. The summed E-state index contributed by atoms with van der Waals surface area (Å²) in [7, 11) is 0. The van der Waals surface area contributed by atoms with Crippen LogP contribution in [0.3, 0.4) is 0 Å². The van der Waals surface area contributed by atoms with E-state index in [0.29, 0.717) is 30.6 Å². The highest BCUT2D eigenvalue weighted by atomic mass is 35.5. The van der Waals surface area contributed by atoms with E-state index in [1.165, 1.54) is 19.1 Å². The maximum Gasteiger partial charge on any atom is 0.255 e. The van der Waals surface area contributed by atoms with Crippen molar-refractivity contribution in [3.63, 3.8) is 0 Å². The van der Waals surface area contributed by atoms with Crippen molar-refractivity contribution in [2.24, 2.45) is 5.92 Å². The van der Waals surface area contributed by atoms with E-state index >= 15 is 0 Å². The van der Waals surface area contributed by atoms with Crippen molar-refractivity contribution in [2.45, 2.75) is 45.7 Å². The molecule has 1 atom stereocenters. The van der Waals surface area contributed by atoms with Crippen molar-refractivity contribution in [3.8, 4) is 0 Å². The molecule has 1 aliphatic heterocycles. The number of hydrogen-bond donors (Lipinski definition) is 2. The largest absolute Gasteiger partial charge is 0.356 e. The number of aromatic nitrogens is 2. The first-order chi connectivity index (χ1) is 13.2. The van der Waals surface area contributed by atoms with Crippen LogP contribution in [0.25, 0.3) is 0 Å². The third kappa shape index (κ3) is 4.35. The molecule has 1 aliphatic rings. The standard InChI is InChI=1S/C20H24ClFN4O2/c1-12(27)23-10-13-6-7-26-18(8-13)15(11-24-26)19(28)25-20(2,3)16-5-4-14(22)9-17(16)21/h4-5,9,11,13H,6-8,10H2,1-3H3,(H,23,27)(H,25,28). The second-order valence-corrected chi connectivity index (χ2v) is 8.13. The molecule has 0 fully saturated rings. The van der Waals surface area contributed by atoms with Gasteiger partial charge in [0.15, 0.2) is 0 Å². The molecule has 3 rings (SSSR count). The molecule has 2 N–H and O–H groups in total. The van der Waals surface area contributed by atoms with Crippen LogP contribution in [0.5, 0.6) is 0 Å². The van der Waals surface area contributed by atoms with Crippen LogP contribution >= 0.6 is 11.6 Å². The number of fused-ring (bicyclic) bond motifs is 1. The lowest BCUT2D eigenvalue weighted by atomic mass is 9.92. The minimum absolute atomic E-state index is 0.0602. The van der Waals surface area contributed by atoms with Crippen molar-refractivity contribution in [3.05, 3.63) is 52.1 Å². The van der Waals surface area contributed by atoms with Crippen LogP contribution in [0.1, 0.15) is 48.8 Å². The Bertz CT molecular complexity index is 910. The van der Waals surface area contributed by atoms with E-state index in [4.69, 9.17) is 11.6 Å². The first kappa shape index (κ1) is 20.3. The van der Waals surface area contributed by atoms with Gasteiger partial charge in [-0.1, -0.05) is 17.7 Å². The smallest absolute Gasteiger partial charge is 0.255 e. The van der Waals surface area contributed by atoms with Crippen LogP contribution in [0.2, 0.25) is 5.02 Å². The molecule has 1 aromatic heterocycles. The summed E-state index contributed by atoms with van der Waals surface area (Å²) in [6.45, 7) is 6.42. The third-order valence-electron chi connectivity index (χ3n) is 5.09. The zero-order valence-corrected chi connectivity index (χ0v) is 16.9. The van der Waals surface area contributed by atoms with Gasteiger partial charge in [-0.25, -0.2) is 4.39 Å². The molecule has 1 aromatic carbocycles. The fourth-order valence-corrected chi connectivity index (χ4v) is 3.97. The number of carbonyl (C=O) groups excluding carboxylic acids is 2. The maximum atomic E-state index is 13.4. The number of carbonyl (C=O) groups is 2. The highest BCUT2D eigenvalue weighted by Crippen LogP contribution is 2.29. The molecule has 0 saturated heterocycles. The number of halogens is 2. The summed E-state index contributed by atoms with van der Waals surface area (Å²) >= 11 is 6.17. The molecule has 0 radical (unpaired) electrons. The number of nitrogens with one attached hydrogen (secondary N) is 2. The minimum atomic E-state index is -0.791. The van der Waals surface area contributed by atoms with Gasteiger partial charge in [0.2, 0.25) is 5.91 Å². The number of nitrogens with zero attached hydrogens (tertiary/aromatic N) is 2. The van der Waals surface area contributed by atoms with E-state index in [-0.39, 0.29) is 22.8 Å². The fraction of sp³-hybridized carbons (Fsp3) is 0.450. The van der Waals surface area contributed by atoms with E-state index in [1.54, 1.807) is 12.3 Å². The van der Waals surface area contributed by atoms with Crippen LogP contribution in [-0.4, -0.2) is 28.1 Å². The summed E-state index contributed by atoms with van der Waals surface area (Å²) in [6.07, 6.45) is 3.14. The zero-order chi connectivity index (χ0) is 20.5. The molecule has 28 heavy (non-hydrogen) atoms. The van der Waals surface area contributed by atoms with E-state index < -0.39 is 11.4 Å². The van der Waals surface area contributed by atoms with E-state index in [9.17, 15) is 14.0 Å². The third-order valence-corrected chi connectivity index (χ3v) is 5.41. The summed E-state index contributed by atoms with van der Waals surface area (Å²) in [5.74, 6) is -0.479. The Morgan fingerprint density at radius 3 is 2.82 bits per heavy atom. The summed E-state index contributed by atoms with van der Waals surface area (Å²) in [5.41, 5.74) is 1.22. The van der Waals surface area contributed by atoms with E-state index in [1.807, 2.05) is 18.5 Å². The van der Waals surface area contributed by atoms with Crippen molar-refractivity contribution < 1.29 is 14.0 Å². The van der Waals surface area contributed by atoms with Crippen molar-refractivity contribution in [1.29, 1.82) is 0 Å². The van der Waals surface area contributed by atoms with E-state index in [0.717, 1.165) is 12.1 Å². The maximum absolute atomic E-state index is 13.4. The van der Waals surface area contributed by atoms with Crippen LogP contribution in [0, 0.1) is 11.7 Å². The molecule has 2 aromatic rings. The van der Waals surface area contributed by atoms with Crippen LogP contribution in [0.15, 0.2) is 24.4 Å². The van der Waals surface area contributed by atoms with Gasteiger partial charge in [0.25, 0.3) is 5.91 Å². The molecule has 0 spiro atoms. The topological polar surface area (TPSA) is 76.0 Å². The van der Waals surface area contributed by atoms with Gasteiger partial charge in [0.1, 0.15) is 5.82 Å². The quantitative estimate of drug-likeness (QED) is 0.801. The van der Waals surface area contributed by atoms with Gasteiger partial charge in [-0.05, 0) is 50.3 Å². The minimum Gasteiger partial charge on any atom is -0.356 e. The number of aryl methyl sites for hydroxylation is 1. The summed E-state index contributed by atoms with van der Waals surface area (Å²) in [5, 5.41) is 10.4. The molecule has 150 valence electrons. The fourth-order valence-electron chi connectivity index (χ4n) is 3.57. The van der Waals surface area contributed by atoms with Gasteiger partial charge in [-0.3, -0.25) is 14.3 Å². The van der Waals surface area contributed by atoms with Gasteiger partial charge in [-0.15, -0.1) is 0 Å². The Balaban J connectivity index is 1.77. The molecule has 2 amide bonds. The Morgan fingerprint density at radius 1 is 1.39 bits per heavy atom. The highest BCUT2D eigenvalue weighted by Gasteiger charge is 2.30.